The summed E-state index contributed by atoms with van der Waals surface area (Å²) in [4.78, 5) is 2.85. The van der Waals surface area contributed by atoms with E-state index in [2.05, 4.69) is 17.0 Å². The van der Waals surface area contributed by atoms with Crippen molar-refractivity contribution in [3.8, 4) is 11.5 Å². The number of methoxy groups -OCH3 is 2. The van der Waals surface area contributed by atoms with E-state index in [9.17, 15) is 8.78 Å². The molecule has 7 aliphatic rings. The van der Waals surface area contributed by atoms with Crippen LogP contribution < -0.4 is 9.47 Å². The van der Waals surface area contributed by atoms with Crippen LogP contribution in [0.25, 0.3) is 0 Å². The van der Waals surface area contributed by atoms with Crippen molar-refractivity contribution in [2.45, 2.75) is 87.6 Å². The molecule has 4 bridgehead atoms. The molecule has 4 saturated carbocycles. The predicted octanol–water partition coefficient (Wildman–Crippen LogP) is 6.25. The van der Waals surface area contributed by atoms with E-state index in [4.69, 9.17) is 18.9 Å². The molecule has 6 atom stereocenters. The average Bonchev–Trinajstić information content (AvgIpc) is 3.71. The van der Waals surface area contributed by atoms with Gasteiger partial charge in [0.15, 0.2) is 11.5 Å². The molecule has 0 radical (unpaired) electrons. The maximum Gasteiger partial charge on any atom is 0.270 e. The third-order valence-corrected chi connectivity index (χ3v) is 12.1. The van der Waals surface area contributed by atoms with E-state index in [0.717, 1.165) is 68.6 Å². The molecule has 2 aromatic carbocycles. The minimum Gasteiger partial charge on any atom is -0.493 e. The summed E-state index contributed by atoms with van der Waals surface area (Å²) in [5.74, 6) is -0.0170. The van der Waals surface area contributed by atoms with E-state index in [1.165, 1.54) is 42.6 Å². The van der Waals surface area contributed by atoms with E-state index in [0.29, 0.717) is 19.3 Å². The summed E-state index contributed by atoms with van der Waals surface area (Å²) in [6.45, 7) is 4.22. The third kappa shape index (κ3) is 3.49. The molecule has 2 aromatic rings. The highest BCUT2D eigenvalue weighted by Crippen LogP contribution is 2.76. The van der Waals surface area contributed by atoms with Crippen molar-refractivity contribution < 1.29 is 27.7 Å². The van der Waals surface area contributed by atoms with Gasteiger partial charge in [0, 0.05) is 54.5 Å². The lowest BCUT2D eigenvalue weighted by Gasteiger charge is -2.74. The number of halogens is 2. The van der Waals surface area contributed by atoms with Crippen LogP contribution in [-0.4, -0.2) is 56.6 Å². The van der Waals surface area contributed by atoms with Crippen LogP contribution in [0.4, 0.5) is 8.78 Å². The average molecular weight is 566 g/mol. The van der Waals surface area contributed by atoms with E-state index in [-0.39, 0.29) is 28.4 Å². The summed E-state index contributed by atoms with van der Waals surface area (Å²) in [5, 5.41) is 0. The summed E-state index contributed by atoms with van der Waals surface area (Å²) in [5.41, 5.74) is 3.38. The molecule has 5 nitrogen and oxygen atoms in total. The molecule has 2 spiro atoms. The van der Waals surface area contributed by atoms with Gasteiger partial charge < -0.3 is 18.9 Å². The van der Waals surface area contributed by atoms with Gasteiger partial charge in [0.25, 0.3) is 5.92 Å². The molecular formula is C34H41F2NO4. The zero-order valence-corrected chi connectivity index (χ0v) is 24.4. The Morgan fingerprint density at radius 3 is 2.56 bits per heavy atom. The van der Waals surface area contributed by atoms with Crippen LogP contribution in [0.1, 0.15) is 67.7 Å². The third-order valence-electron chi connectivity index (χ3n) is 12.1. The van der Waals surface area contributed by atoms with Crippen molar-refractivity contribution in [3.05, 3.63) is 58.7 Å². The van der Waals surface area contributed by atoms with Crippen molar-refractivity contribution in [1.82, 2.24) is 4.90 Å². The number of piperidine rings is 1. The molecule has 6 unspecified atom stereocenters. The minimum atomic E-state index is -2.84. The summed E-state index contributed by atoms with van der Waals surface area (Å²) < 4.78 is 53.4. The Balaban J connectivity index is 1.14. The van der Waals surface area contributed by atoms with E-state index in [1.807, 2.05) is 7.11 Å². The predicted molar refractivity (Wildman–Crippen MR) is 151 cm³/mol. The number of benzene rings is 2. The van der Waals surface area contributed by atoms with E-state index in [1.54, 1.807) is 19.2 Å². The van der Waals surface area contributed by atoms with Crippen LogP contribution in [0.3, 0.4) is 0 Å². The molecule has 5 aliphatic carbocycles. The summed E-state index contributed by atoms with van der Waals surface area (Å²) in [7, 11) is 3.60. The number of alkyl halides is 2. The molecule has 5 fully saturated rings. The number of hydrogen-bond acceptors (Lipinski definition) is 5. The number of likely N-dealkylation sites (tertiary alicyclic amines) is 1. The monoisotopic (exact) mass is 565 g/mol. The smallest absolute Gasteiger partial charge is 0.270 e. The molecule has 1 saturated heterocycles. The Morgan fingerprint density at radius 1 is 1.05 bits per heavy atom. The molecule has 0 amide bonds. The van der Waals surface area contributed by atoms with Crippen molar-refractivity contribution >= 4 is 0 Å². The largest absolute Gasteiger partial charge is 0.493 e. The SMILES string of the molecule is COc1ccc2c3c1OC1C4(OC)CCC5(CC4COCc4ccc(C(C)(F)F)cc4)C(C2)N(CC2CC2)CCC315. The van der Waals surface area contributed by atoms with Crippen molar-refractivity contribution in [1.29, 1.82) is 0 Å². The van der Waals surface area contributed by atoms with Gasteiger partial charge in [0.05, 0.1) is 20.3 Å². The molecule has 2 aliphatic heterocycles. The van der Waals surface area contributed by atoms with Gasteiger partial charge in [0.1, 0.15) is 11.7 Å². The Hall–Kier alpha value is -2.22. The number of nitrogens with zero attached hydrogens (tertiary/aromatic N) is 1. The topological polar surface area (TPSA) is 40.2 Å². The van der Waals surface area contributed by atoms with E-state index >= 15 is 0 Å². The highest BCUT2D eigenvalue weighted by atomic mass is 19.3. The summed E-state index contributed by atoms with van der Waals surface area (Å²) in [6, 6.07) is 11.4. The first-order chi connectivity index (χ1) is 19.8. The zero-order chi connectivity index (χ0) is 28.2. The van der Waals surface area contributed by atoms with Gasteiger partial charge in [-0.1, -0.05) is 30.3 Å². The van der Waals surface area contributed by atoms with Gasteiger partial charge in [-0.05, 0) is 74.6 Å². The summed E-state index contributed by atoms with van der Waals surface area (Å²) >= 11 is 0. The lowest BCUT2D eigenvalue weighted by atomic mass is 9.35. The van der Waals surface area contributed by atoms with E-state index < -0.39 is 11.5 Å². The van der Waals surface area contributed by atoms with Crippen molar-refractivity contribution in [2.75, 3.05) is 33.9 Å². The molecule has 7 heteroatoms. The fourth-order valence-electron chi connectivity index (χ4n) is 10.1. The standard InChI is InChI=1S/C34H41F2NO4/c1-31(35,36)24-9-6-22(7-10-24)19-40-20-25-17-32-12-13-34(25,39-3)30-33(32)14-15-37(18-21-4-5-21)27(32)16-23-8-11-26(38-2)29(41-30)28(23)33/h6-11,21,25,27,30H,4-5,12-20H2,1-3H3. The molecule has 0 aromatic heterocycles. The van der Waals surface area contributed by atoms with Gasteiger partial charge in [-0.3, -0.25) is 4.90 Å². The fourth-order valence-corrected chi connectivity index (χ4v) is 10.1. The van der Waals surface area contributed by atoms with Crippen molar-refractivity contribution in [3.63, 3.8) is 0 Å². The van der Waals surface area contributed by atoms with Gasteiger partial charge in [-0.25, -0.2) is 8.78 Å². The number of ether oxygens (including phenoxy) is 4. The maximum absolute atomic E-state index is 13.7. The second-order valence-electron chi connectivity index (χ2n) is 13.8. The van der Waals surface area contributed by atoms with Crippen LogP contribution in [0.5, 0.6) is 11.5 Å². The van der Waals surface area contributed by atoms with Gasteiger partial charge in [-0.2, -0.15) is 0 Å². The van der Waals surface area contributed by atoms with Crippen LogP contribution >= 0.6 is 0 Å². The lowest BCUT2D eigenvalue weighted by Crippen LogP contribution is -2.81. The highest BCUT2D eigenvalue weighted by Gasteiger charge is 2.80. The molecular weight excluding hydrogens is 524 g/mol. The Morgan fingerprint density at radius 2 is 1.85 bits per heavy atom. The van der Waals surface area contributed by atoms with Gasteiger partial charge in [-0.15, -0.1) is 0 Å². The number of hydrogen-bond donors (Lipinski definition) is 0. The molecule has 9 rings (SSSR count). The normalized spacial score (nSPS) is 36.7. The molecule has 0 N–H and O–H groups in total. The lowest BCUT2D eigenvalue weighted by molar-refractivity contribution is -0.283. The summed E-state index contributed by atoms with van der Waals surface area (Å²) in [6.07, 6.45) is 7.99. The van der Waals surface area contributed by atoms with Gasteiger partial charge in [0.2, 0.25) is 0 Å². The second kappa shape index (κ2) is 8.90. The van der Waals surface area contributed by atoms with Crippen molar-refractivity contribution in [2.24, 2.45) is 17.3 Å². The Labute approximate surface area is 241 Å². The first-order valence-electron chi connectivity index (χ1n) is 15.5. The number of fused-ring (bicyclic) bond motifs is 2. The van der Waals surface area contributed by atoms with Gasteiger partial charge >= 0.3 is 0 Å². The first-order valence-corrected chi connectivity index (χ1v) is 15.5. The van der Waals surface area contributed by atoms with Crippen LogP contribution in [-0.2, 0) is 33.8 Å². The Kier molecular flexibility index (Phi) is 5.73. The minimum absolute atomic E-state index is 0.0286. The van der Waals surface area contributed by atoms with Crippen LogP contribution in [0.15, 0.2) is 36.4 Å². The first kappa shape index (κ1) is 26.4. The van der Waals surface area contributed by atoms with Crippen LogP contribution in [0.2, 0.25) is 0 Å². The second-order valence-corrected chi connectivity index (χ2v) is 13.8. The molecule has 41 heavy (non-hydrogen) atoms. The Bertz CT molecular complexity index is 1360. The fraction of sp³-hybridized carbons (Fsp3) is 0.647. The number of rotatable bonds is 9. The zero-order valence-electron chi connectivity index (χ0n) is 24.4. The molecule has 2 heterocycles. The van der Waals surface area contributed by atoms with Crippen LogP contribution in [0, 0.1) is 17.3 Å². The quantitative estimate of drug-likeness (QED) is 0.360. The highest BCUT2D eigenvalue weighted by molar-refractivity contribution is 5.63. The maximum atomic E-state index is 13.7. The molecule has 220 valence electrons.